The molecule has 6 nitrogen and oxygen atoms in total. The van der Waals surface area contributed by atoms with Crippen LogP contribution in [0, 0.1) is 5.92 Å². The summed E-state index contributed by atoms with van der Waals surface area (Å²) in [4.78, 5) is 20.6. The van der Waals surface area contributed by atoms with Gasteiger partial charge >= 0.3 is 0 Å². The number of benzene rings is 2. The zero-order valence-corrected chi connectivity index (χ0v) is 21.8. The van der Waals surface area contributed by atoms with Crippen molar-refractivity contribution in [3.8, 4) is 16.9 Å². The number of pyridine rings is 1. The third-order valence-corrected chi connectivity index (χ3v) is 8.72. The number of aliphatic hydroxyl groups excluding tert-OH is 1. The van der Waals surface area contributed by atoms with E-state index in [0.717, 1.165) is 53.4 Å². The Bertz CT molecular complexity index is 1330. The van der Waals surface area contributed by atoms with E-state index >= 15 is 0 Å². The molecule has 194 valence electrons. The van der Waals surface area contributed by atoms with Crippen molar-refractivity contribution < 1.29 is 15.0 Å². The van der Waals surface area contributed by atoms with Crippen molar-refractivity contribution in [1.82, 2.24) is 9.88 Å². The van der Waals surface area contributed by atoms with Crippen molar-refractivity contribution in [3.63, 3.8) is 0 Å². The minimum absolute atomic E-state index is 0.0976. The fraction of sp³-hybridized carbons (Fsp3) is 0.467. The number of carbonyl (C=O) groups is 1. The van der Waals surface area contributed by atoms with Gasteiger partial charge in [-0.05, 0) is 99.8 Å². The largest absolute Gasteiger partial charge is 0.506 e. The molecule has 2 saturated carbocycles. The number of aromatic nitrogens is 1. The number of nitrogens with one attached hydrogen (secondary N) is 1. The molecular formula is C30H34ClN3O3. The van der Waals surface area contributed by atoms with Crippen LogP contribution in [0.15, 0.2) is 36.5 Å². The molecule has 0 unspecified atom stereocenters. The molecule has 0 atom stereocenters. The molecule has 1 saturated heterocycles. The van der Waals surface area contributed by atoms with Crippen LogP contribution >= 0.6 is 11.6 Å². The summed E-state index contributed by atoms with van der Waals surface area (Å²) in [6.45, 7) is 2.17. The summed E-state index contributed by atoms with van der Waals surface area (Å²) in [6, 6.07) is 10.4. The Hall–Kier alpha value is -2.67. The lowest BCUT2D eigenvalue weighted by molar-refractivity contribution is 0.0968. The monoisotopic (exact) mass is 519 g/mol. The van der Waals surface area contributed by atoms with E-state index in [9.17, 15) is 15.0 Å². The standard InChI is InChI=1S/C30H34ClN3O3/c31-26-15-20(13-21(17-35)30(26)37)19-5-10-27-24(14-19)28(25(16-32-27)29(36)18-3-4-18)33-22-6-8-23(9-7-22)34-11-1-2-12-34/h5,10,13-16,18,22-23,35,37H,1-4,6-9,11-12,17H2,(H,32,33). The number of hydrogen-bond acceptors (Lipinski definition) is 6. The number of nitrogens with zero attached hydrogens (tertiary/aromatic N) is 2. The number of halogens is 1. The Morgan fingerprint density at radius 2 is 1.78 bits per heavy atom. The lowest BCUT2D eigenvalue weighted by Crippen LogP contribution is -2.39. The van der Waals surface area contributed by atoms with Crippen molar-refractivity contribution in [2.45, 2.75) is 70.1 Å². The summed E-state index contributed by atoms with van der Waals surface area (Å²) < 4.78 is 0. The zero-order chi connectivity index (χ0) is 25.5. The van der Waals surface area contributed by atoms with Crippen molar-refractivity contribution in [1.29, 1.82) is 0 Å². The average molecular weight is 520 g/mol. The van der Waals surface area contributed by atoms with Gasteiger partial charge in [0.1, 0.15) is 5.75 Å². The summed E-state index contributed by atoms with van der Waals surface area (Å²) in [5.74, 6) is 0.194. The lowest BCUT2D eigenvalue weighted by Gasteiger charge is -2.35. The minimum Gasteiger partial charge on any atom is -0.506 e. The van der Waals surface area contributed by atoms with Crippen LogP contribution in [0.3, 0.4) is 0 Å². The van der Waals surface area contributed by atoms with E-state index in [1.165, 1.54) is 38.8 Å². The molecule has 3 fully saturated rings. The third-order valence-electron chi connectivity index (χ3n) is 8.43. The molecule has 1 aliphatic heterocycles. The molecule has 3 aliphatic rings. The van der Waals surface area contributed by atoms with Gasteiger partial charge in [-0.15, -0.1) is 0 Å². The van der Waals surface area contributed by atoms with Crippen molar-refractivity contribution >= 4 is 34.0 Å². The fourth-order valence-corrected chi connectivity index (χ4v) is 6.36. The van der Waals surface area contributed by atoms with Crippen LogP contribution in [0.25, 0.3) is 22.0 Å². The van der Waals surface area contributed by atoms with Gasteiger partial charge in [0.2, 0.25) is 0 Å². The Morgan fingerprint density at radius 3 is 2.49 bits per heavy atom. The molecule has 7 heteroatoms. The van der Waals surface area contributed by atoms with Crippen LogP contribution in [0.5, 0.6) is 5.75 Å². The highest BCUT2D eigenvalue weighted by Gasteiger charge is 2.34. The van der Waals surface area contributed by atoms with Crippen molar-refractivity contribution in [2.75, 3.05) is 18.4 Å². The summed E-state index contributed by atoms with van der Waals surface area (Å²) in [5.41, 5.74) is 4.48. The summed E-state index contributed by atoms with van der Waals surface area (Å²) in [5, 5.41) is 24.8. The Balaban J connectivity index is 1.35. The number of ketones is 1. The van der Waals surface area contributed by atoms with Crippen LogP contribution in [0.2, 0.25) is 5.02 Å². The second kappa shape index (κ2) is 10.2. The van der Waals surface area contributed by atoms with E-state index in [4.69, 9.17) is 11.6 Å². The normalized spacial score (nSPS) is 22.4. The maximum absolute atomic E-state index is 13.3. The number of anilines is 1. The maximum atomic E-state index is 13.3. The number of aliphatic hydroxyl groups is 1. The van der Waals surface area contributed by atoms with E-state index in [0.29, 0.717) is 23.2 Å². The lowest BCUT2D eigenvalue weighted by atomic mass is 9.89. The number of Topliss-reactive ketones (excluding diaryl/α,β-unsaturated/α-hetero) is 1. The van der Waals surface area contributed by atoms with Gasteiger partial charge in [0.25, 0.3) is 0 Å². The Morgan fingerprint density at radius 1 is 1.03 bits per heavy atom. The molecule has 0 bridgehead atoms. The summed E-state index contributed by atoms with van der Waals surface area (Å²) in [7, 11) is 0. The molecule has 3 N–H and O–H groups in total. The van der Waals surface area contributed by atoms with Crippen LogP contribution in [0.4, 0.5) is 5.69 Å². The smallest absolute Gasteiger partial charge is 0.169 e. The maximum Gasteiger partial charge on any atom is 0.169 e. The molecule has 0 radical (unpaired) electrons. The summed E-state index contributed by atoms with van der Waals surface area (Å²) >= 11 is 6.26. The number of phenols is 1. The second-order valence-corrected chi connectivity index (χ2v) is 11.3. The van der Waals surface area contributed by atoms with E-state index in [1.54, 1.807) is 18.3 Å². The topological polar surface area (TPSA) is 85.7 Å². The van der Waals surface area contributed by atoms with Crippen molar-refractivity contribution in [2.24, 2.45) is 5.92 Å². The van der Waals surface area contributed by atoms with E-state index in [-0.39, 0.29) is 29.1 Å². The minimum atomic E-state index is -0.304. The van der Waals surface area contributed by atoms with Crippen LogP contribution in [0.1, 0.15) is 67.3 Å². The first-order valence-corrected chi connectivity index (χ1v) is 14.0. The molecule has 2 heterocycles. The highest BCUT2D eigenvalue weighted by atomic mass is 35.5. The number of rotatable bonds is 7. The highest BCUT2D eigenvalue weighted by Crippen LogP contribution is 2.40. The molecule has 2 aliphatic carbocycles. The van der Waals surface area contributed by atoms with E-state index < -0.39 is 0 Å². The first-order valence-electron chi connectivity index (χ1n) is 13.6. The fourth-order valence-electron chi connectivity index (χ4n) is 6.12. The Labute approximate surface area is 222 Å². The van der Waals surface area contributed by atoms with Gasteiger partial charge in [-0.2, -0.15) is 0 Å². The second-order valence-electron chi connectivity index (χ2n) is 10.9. The molecule has 0 amide bonds. The zero-order valence-electron chi connectivity index (χ0n) is 21.0. The first kappa shape index (κ1) is 24.7. The van der Waals surface area contributed by atoms with Crippen LogP contribution in [-0.4, -0.2) is 51.1 Å². The van der Waals surface area contributed by atoms with Gasteiger partial charge in [0.15, 0.2) is 5.78 Å². The molecule has 37 heavy (non-hydrogen) atoms. The molecule has 2 aromatic carbocycles. The summed E-state index contributed by atoms with van der Waals surface area (Å²) in [6.07, 6.45) is 10.9. The van der Waals surface area contributed by atoms with Gasteiger partial charge in [-0.3, -0.25) is 9.78 Å². The third kappa shape index (κ3) is 4.95. The van der Waals surface area contributed by atoms with Gasteiger partial charge in [-0.25, -0.2) is 0 Å². The van der Waals surface area contributed by atoms with Crippen LogP contribution < -0.4 is 5.32 Å². The van der Waals surface area contributed by atoms with Gasteiger partial charge < -0.3 is 20.4 Å². The predicted molar refractivity (Wildman–Crippen MR) is 147 cm³/mol. The van der Waals surface area contributed by atoms with E-state index in [1.807, 2.05) is 18.2 Å². The number of aromatic hydroxyl groups is 1. The van der Waals surface area contributed by atoms with E-state index in [2.05, 4.69) is 15.2 Å². The SMILES string of the molecule is O=C(c1cnc2ccc(-c3cc(Cl)c(O)c(CO)c3)cc2c1NC1CCC(N2CCCC2)CC1)C1CC1. The van der Waals surface area contributed by atoms with Gasteiger partial charge in [0.05, 0.1) is 28.4 Å². The van der Waals surface area contributed by atoms with Gasteiger partial charge in [-0.1, -0.05) is 17.7 Å². The average Bonchev–Trinajstić information content (AvgIpc) is 3.63. The van der Waals surface area contributed by atoms with Crippen molar-refractivity contribution in [3.05, 3.63) is 52.7 Å². The molecular weight excluding hydrogens is 486 g/mol. The number of likely N-dealkylation sites (tertiary alicyclic amines) is 1. The molecule has 0 spiro atoms. The van der Waals surface area contributed by atoms with Crippen LogP contribution in [-0.2, 0) is 6.61 Å². The Kier molecular flexibility index (Phi) is 6.82. The van der Waals surface area contributed by atoms with Gasteiger partial charge in [0, 0.05) is 35.1 Å². The first-order chi connectivity index (χ1) is 18.0. The highest BCUT2D eigenvalue weighted by molar-refractivity contribution is 6.32. The molecule has 3 aromatic rings. The predicted octanol–water partition coefficient (Wildman–Crippen LogP) is 6.16. The number of carbonyl (C=O) groups excluding carboxylic acids is 1. The number of hydrogen-bond donors (Lipinski definition) is 3. The number of fused-ring (bicyclic) bond motifs is 1. The molecule has 1 aromatic heterocycles. The molecule has 6 rings (SSSR count). The quantitative estimate of drug-likeness (QED) is 0.324.